The Morgan fingerprint density at radius 1 is 1.07 bits per heavy atom. The number of rotatable bonds is 5. The number of amides is 2. The number of carbonyl (C=O) groups excluding carboxylic acids is 2. The largest absolute Gasteiger partial charge is 0.421 e. The second-order valence-corrected chi connectivity index (χ2v) is 6.66. The van der Waals surface area contributed by atoms with Gasteiger partial charge < -0.3 is 15.0 Å². The van der Waals surface area contributed by atoms with E-state index < -0.39 is 17.6 Å². The smallest absolute Gasteiger partial charge is 0.322 e. The van der Waals surface area contributed by atoms with E-state index in [9.17, 15) is 18.4 Å². The number of halogens is 2. The highest BCUT2D eigenvalue weighted by Gasteiger charge is 2.35. The summed E-state index contributed by atoms with van der Waals surface area (Å²) in [5.41, 5.74) is 0.850. The van der Waals surface area contributed by atoms with Gasteiger partial charge in [-0.15, -0.1) is 0 Å². The minimum Gasteiger partial charge on any atom is -0.421 e. The highest BCUT2D eigenvalue weighted by atomic mass is 19.1. The Balaban J connectivity index is 1.37. The molecule has 2 amide bonds. The lowest BCUT2D eigenvalue weighted by molar-refractivity contribution is -0.122. The predicted molar refractivity (Wildman–Crippen MR) is 104 cm³/mol. The van der Waals surface area contributed by atoms with Crippen LogP contribution in [0.5, 0.6) is 11.8 Å². The Labute approximate surface area is 170 Å². The average Bonchev–Trinajstić information content (AvgIpc) is 3.13. The highest BCUT2D eigenvalue weighted by molar-refractivity contribution is 6.03. The molecule has 4 rings (SSSR count). The molecule has 1 aliphatic rings. The van der Waals surface area contributed by atoms with E-state index in [4.69, 9.17) is 4.74 Å². The van der Waals surface area contributed by atoms with Crippen LogP contribution >= 0.6 is 0 Å². The van der Waals surface area contributed by atoms with Crippen molar-refractivity contribution in [3.8, 4) is 11.8 Å². The van der Waals surface area contributed by atoms with Crippen LogP contribution in [0.4, 0.5) is 20.2 Å². The molecule has 0 saturated carbocycles. The van der Waals surface area contributed by atoms with Crippen molar-refractivity contribution >= 4 is 23.2 Å². The summed E-state index contributed by atoms with van der Waals surface area (Å²) in [6, 6.07) is 11.3. The lowest BCUT2D eigenvalue weighted by Crippen LogP contribution is -2.28. The van der Waals surface area contributed by atoms with Gasteiger partial charge in [0.25, 0.3) is 0 Å². The molecule has 9 heteroatoms. The lowest BCUT2D eigenvalue weighted by Gasteiger charge is -2.16. The summed E-state index contributed by atoms with van der Waals surface area (Å²) in [5.74, 6) is -2.11. The summed E-state index contributed by atoms with van der Waals surface area (Å²) in [6.45, 7) is 0.186. The van der Waals surface area contributed by atoms with E-state index in [0.717, 1.165) is 0 Å². The van der Waals surface area contributed by atoms with Crippen molar-refractivity contribution < 1.29 is 23.1 Å². The number of hydrogen-bond donors (Lipinski definition) is 1. The number of hydrogen-bond acceptors (Lipinski definition) is 5. The molecular weight excluding hydrogens is 394 g/mol. The van der Waals surface area contributed by atoms with E-state index in [-0.39, 0.29) is 36.5 Å². The minimum atomic E-state index is -0.572. The van der Waals surface area contributed by atoms with Crippen molar-refractivity contribution in [3.05, 3.63) is 72.6 Å². The van der Waals surface area contributed by atoms with Crippen molar-refractivity contribution in [3.63, 3.8) is 0 Å². The molecule has 1 aromatic heterocycles. The molecule has 1 fully saturated rings. The van der Waals surface area contributed by atoms with Gasteiger partial charge in [-0.25, -0.2) is 18.7 Å². The molecule has 2 heterocycles. The predicted octanol–water partition coefficient (Wildman–Crippen LogP) is 3.54. The molecule has 0 aliphatic carbocycles. The Morgan fingerprint density at radius 3 is 2.47 bits per heavy atom. The van der Waals surface area contributed by atoms with Crippen LogP contribution in [0.25, 0.3) is 0 Å². The lowest BCUT2D eigenvalue weighted by atomic mass is 10.1. The summed E-state index contributed by atoms with van der Waals surface area (Å²) in [6.07, 6.45) is 2.70. The summed E-state index contributed by atoms with van der Waals surface area (Å²) in [7, 11) is 0. The van der Waals surface area contributed by atoms with E-state index in [2.05, 4.69) is 15.3 Å². The number of anilines is 2. The van der Waals surface area contributed by atoms with Gasteiger partial charge in [0.1, 0.15) is 5.82 Å². The van der Waals surface area contributed by atoms with Gasteiger partial charge in [-0.05, 0) is 36.4 Å². The summed E-state index contributed by atoms with van der Waals surface area (Å²) >= 11 is 0. The van der Waals surface area contributed by atoms with Crippen LogP contribution in [0.15, 0.2) is 60.9 Å². The molecule has 30 heavy (non-hydrogen) atoms. The van der Waals surface area contributed by atoms with Crippen LogP contribution in [-0.4, -0.2) is 28.3 Å². The van der Waals surface area contributed by atoms with Gasteiger partial charge in [0, 0.05) is 18.7 Å². The zero-order valence-corrected chi connectivity index (χ0v) is 15.6. The average molecular weight is 410 g/mol. The highest BCUT2D eigenvalue weighted by Crippen LogP contribution is 2.26. The monoisotopic (exact) mass is 410 g/mol. The first-order valence-corrected chi connectivity index (χ1v) is 9.11. The van der Waals surface area contributed by atoms with Gasteiger partial charge in [-0.1, -0.05) is 12.1 Å². The molecule has 2 aromatic carbocycles. The first-order chi connectivity index (χ1) is 14.5. The maximum Gasteiger partial charge on any atom is 0.322 e. The van der Waals surface area contributed by atoms with E-state index in [1.165, 1.54) is 59.8 Å². The van der Waals surface area contributed by atoms with Crippen molar-refractivity contribution in [1.29, 1.82) is 0 Å². The van der Waals surface area contributed by atoms with Gasteiger partial charge in [-0.2, -0.15) is 0 Å². The molecule has 1 atom stereocenters. The van der Waals surface area contributed by atoms with Crippen LogP contribution in [-0.2, 0) is 9.59 Å². The first kappa shape index (κ1) is 19.4. The number of nitrogens with one attached hydrogen (secondary N) is 1. The van der Waals surface area contributed by atoms with E-state index in [1.807, 2.05) is 0 Å². The standard InChI is InChI=1S/C21H16F2N4O3/c22-14-5-7-16(8-6-14)27-12-13(9-19(27)28)20(29)26-15-10-24-21(25-11-15)30-18-4-2-1-3-17(18)23/h1-8,10-11,13H,9,12H2,(H,26,29). The number of ether oxygens (including phenoxy) is 1. The molecular formula is C21H16F2N4O3. The number of benzene rings is 2. The van der Waals surface area contributed by atoms with Crippen LogP contribution < -0.4 is 15.0 Å². The summed E-state index contributed by atoms with van der Waals surface area (Å²) < 4.78 is 32.0. The molecule has 1 saturated heterocycles. The van der Waals surface area contributed by atoms with Gasteiger partial charge in [0.05, 0.1) is 24.0 Å². The molecule has 0 bridgehead atoms. The van der Waals surface area contributed by atoms with Crippen molar-refractivity contribution in [2.24, 2.45) is 5.92 Å². The fourth-order valence-electron chi connectivity index (χ4n) is 3.06. The van der Waals surface area contributed by atoms with Gasteiger partial charge in [0.15, 0.2) is 11.6 Å². The van der Waals surface area contributed by atoms with Crippen molar-refractivity contribution in [2.75, 3.05) is 16.8 Å². The molecule has 1 N–H and O–H groups in total. The van der Waals surface area contributed by atoms with Crippen LogP contribution in [0.1, 0.15) is 6.42 Å². The SMILES string of the molecule is O=C(Nc1cnc(Oc2ccccc2F)nc1)C1CC(=O)N(c2ccc(F)cc2)C1. The van der Waals surface area contributed by atoms with Crippen LogP contribution in [0, 0.1) is 17.6 Å². The molecule has 0 spiro atoms. The van der Waals surface area contributed by atoms with Gasteiger partial charge in [0.2, 0.25) is 11.8 Å². The van der Waals surface area contributed by atoms with E-state index in [1.54, 1.807) is 6.07 Å². The third-order valence-electron chi connectivity index (χ3n) is 4.57. The van der Waals surface area contributed by atoms with Crippen LogP contribution in [0.2, 0.25) is 0 Å². The Hall–Kier alpha value is -3.88. The second-order valence-electron chi connectivity index (χ2n) is 6.66. The summed E-state index contributed by atoms with van der Waals surface area (Å²) in [4.78, 5) is 34.1. The van der Waals surface area contributed by atoms with E-state index in [0.29, 0.717) is 11.4 Å². The van der Waals surface area contributed by atoms with Crippen LogP contribution in [0.3, 0.4) is 0 Å². The maximum absolute atomic E-state index is 13.6. The first-order valence-electron chi connectivity index (χ1n) is 9.11. The quantitative estimate of drug-likeness (QED) is 0.696. The Morgan fingerprint density at radius 2 is 1.77 bits per heavy atom. The fourth-order valence-corrected chi connectivity index (χ4v) is 3.06. The molecule has 0 radical (unpaired) electrons. The second kappa shape index (κ2) is 8.24. The van der Waals surface area contributed by atoms with Crippen molar-refractivity contribution in [2.45, 2.75) is 6.42 Å². The molecule has 1 unspecified atom stereocenters. The number of para-hydroxylation sites is 1. The van der Waals surface area contributed by atoms with Gasteiger partial charge >= 0.3 is 6.01 Å². The third kappa shape index (κ3) is 4.24. The van der Waals surface area contributed by atoms with Crippen molar-refractivity contribution in [1.82, 2.24) is 9.97 Å². The summed E-state index contributed by atoms with van der Waals surface area (Å²) in [5, 5.41) is 2.66. The van der Waals surface area contributed by atoms with E-state index >= 15 is 0 Å². The number of carbonyl (C=O) groups is 2. The molecule has 7 nitrogen and oxygen atoms in total. The number of nitrogens with zero attached hydrogens (tertiary/aromatic N) is 3. The Bertz CT molecular complexity index is 1070. The Kier molecular flexibility index (Phi) is 5.34. The minimum absolute atomic E-state index is 0.0142. The normalized spacial score (nSPS) is 15.9. The maximum atomic E-state index is 13.6. The fraction of sp³-hybridized carbons (Fsp3) is 0.143. The molecule has 3 aromatic rings. The molecule has 1 aliphatic heterocycles. The number of aromatic nitrogens is 2. The van der Waals surface area contributed by atoms with Gasteiger partial charge in [-0.3, -0.25) is 9.59 Å². The molecule has 152 valence electrons. The third-order valence-corrected chi connectivity index (χ3v) is 4.57. The zero-order valence-electron chi connectivity index (χ0n) is 15.6. The topological polar surface area (TPSA) is 84.4 Å². The zero-order chi connectivity index (χ0) is 21.1.